The van der Waals surface area contributed by atoms with E-state index in [1.165, 1.54) is 6.33 Å². The number of carbonyl (C=O) groups is 1. The van der Waals surface area contributed by atoms with Gasteiger partial charge in [0.05, 0.1) is 5.52 Å². The van der Waals surface area contributed by atoms with Crippen molar-refractivity contribution in [1.29, 1.82) is 0 Å². The number of amides is 1. The number of nitrogens with one attached hydrogen (secondary N) is 1. The highest BCUT2D eigenvalue weighted by molar-refractivity contribution is 5.98. The standard InChI is InChI=1S/C14H12N4O/c19-14(15-9-11-5-2-1-3-6-11)13-12-7-4-8-18(12)17-10-16-13/h1-8,10H,9H2,(H,15,19). The molecule has 3 aromatic rings. The van der Waals surface area contributed by atoms with Crippen molar-refractivity contribution < 1.29 is 4.79 Å². The van der Waals surface area contributed by atoms with Crippen molar-refractivity contribution in [2.24, 2.45) is 0 Å². The summed E-state index contributed by atoms with van der Waals surface area (Å²) in [6.07, 6.45) is 3.16. The number of fused-ring (bicyclic) bond motifs is 1. The first-order valence-electron chi connectivity index (χ1n) is 5.95. The fourth-order valence-electron chi connectivity index (χ4n) is 1.90. The van der Waals surface area contributed by atoms with Crippen LogP contribution >= 0.6 is 0 Å². The Morgan fingerprint density at radius 3 is 2.84 bits per heavy atom. The van der Waals surface area contributed by atoms with Gasteiger partial charge in [0.25, 0.3) is 5.91 Å². The highest BCUT2D eigenvalue weighted by Crippen LogP contribution is 2.07. The van der Waals surface area contributed by atoms with Crippen LogP contribution in [0.15, 0.2) is 55.0 Å². The number of benzene rings is 1. The van der Waals surface area contributed by atoms with Crippen LogP contribution in [0.4, 0.5) is 0 Å². The van der Waals surface area contributed by atoms with Crippen LogP contribution in [-0.2, 0) is 6.54 Å². The zero-order valence-electron chi connectivity index (χ0n) is 10.2. The molecular weight excluding hydrogens is 240 g/mol. The van der Waals surface area contributed by atoms with Crippen LogP contribution in [-0.4, -0.2) is 20.5 Å². The quantitative estimate of drug-likeness (QED) is 0.771. The van der Waals surface area contributed by atoms with E-state index in [-0.39, 0.29) is 5.91 Å². The van der Waals surface area contributed by atoms with Gasteiger partial charge in [-0.3, -0.25) is 4.79 Å². The van der Waals surface area contributed by atoms with Gasteiger partial charge in [0.15, 0.2) is 5.69 Å². The van der Waals surface area contributed by atoms with Crippen LogP contribution in [0.3, 0.4) is 0 Å². The average molecular weight is 252 g/mol. The van der Waals surface area contributed by atoms with Crippen LogP contribution in [0.2, 0.25) is 0 Å². The molecule has 2 aromatic heterocycles. The molecule has 2 heterocycles. The van der Waals surface area contributed by atoms with Crippen molar-refractivity contribution in [3.63, 3.8) is 0 Å². The van der Waals surface area contributed by atoms with Crippen LogP contribution < -0.4 is 5.32 Å². The van der Waals surface area contributed by atoms with Gasteiger partial charge in [-0.1, -0.05) is 30.3 Å². The molecule has 0 saturated carbocycles. The van der Waals surface area contributed by atoms with Gasteiger partial charge >= 0.3 is 0 Å². The average Bonchev–Trinajstić information content (AvgIpc) is 2.94. The second-order valence-corrected chi connectivity index (χ2v) is 4.11. The normalized spacial score (nSPS) is 10.5. The lowest BCUT2D eigenvalue weighted by atomic mass is 10.2. The molecule has 1 aromatic carbocycles. The first kappa shape index (κ1) is 11.4. The Morgan fingerprint density at radius 1 is 1.16 bits per heavy atom. The molecule has 0 radical (unpaired) electrons. The second kappa shape index (κ2) is 4.89. The van der Waals surface area contributed by atoms with Crippen LogP contribution in [0.25, 0.3) is 5.52 Å². The molecule has 0 aliphatic rings. The number of hydrogen-bond acceptors (Lipinski definition) is 3. The Morgan fingerprint density at radius 2 is 2.00 bits per heavy atom. The van der Waals surface area contributed by atoms with Gasteiger partial charge in [-0.05, 0) is 17.7 Å². The molecule has 0 fully saturated rings. The third-order valence-electron chi connectivity index (χ3n) is 2.84. The number of aromatic nitrogens is 3. The van der Waals surface area contributed by atoms with Gasteiger partial charge in [-0.15, -0.1) is 0 Å². The zero-order chi connectivity index (χ0) is 13.1. The first-order chi connectivity index (χ1) is 9.34. The highest BCUT2D eigenvalue weighted by atomic mass is 16.1. The van der Waals surface area contributed by atoms with Crippen LogP contribution in [0.5, 0.6) is 0 Å². The Balaban J connectivity index is 1.79. The van der Waals surface area contributed by atoms with E-state index >= 15 is 0 Å². The monoisotopic (exact) mass is 252 g/mol. The minimum absolute atomic E-state index is 0.199. The maximum absolute atomic E-state index is 12.1. The molecule has 0 aliphatic heterocycles. The van der Waals surface area contributed by atoms with E-state index in [4.69, 9.17) is 0 Å². The Bertz CT molecular complexity index is 706. The Labute approximate surface area is 109 Å². The van der Waals surface area contributed by atoms with Gasteiger partial charge in [-0.2, -0.15) is 5.10 Å². The minimum Gasteiger partial charge on any atom is -0.347 e. The minimum atomic E-state index is -0.199. The lowest BCUT2D eigenvalue weighted by molar-refractivity contribution is 0.0947. The van der Waals surface area contributed by atoms with Crippen LogP contribution in [0.1, 0.15) is 16.1 Å². The van der Waals surface area contributed by atoms with Gasteiger partial charge < -0.3 is 5.32 Å². The third kappa shape index (κ3) is 2.30. The SMILES string of the molecule is O=C(NCc1ccccc1)c1ncnn2cccc12. The number of carbonyl (C=O) groups excluding carboxylic acids is 1. The lowest BCUT2D eigenvalue weighted by Gasteiger charge is -2.05. The molecule has 19 heavy (non-hydrogen) atoms. The van der Waals surface area contributed by atoms with E-state index in [1.807, 2.05) is 42.5 Å². The predicted octanol–water partition coefficient (Wildman–Crippen LogP) is 1.66. The summed E-state index contributed by atoms with van der Waals surface area (Å²) in [6, 6.07) is 13.4. The van der Waals surface area contributed by atoms with E-state index in [0.29, 0.717) is 17.8 Å². The highest BCUT2D eigenvalue weighted by Gasteiger charge is 2.11. The van der Waals surface area contributed by atoms with Crippen LogP contribution in [0, 0.1) is 0 Å². The molecule has 0 aliphatic carbocycles. The van der Waals surface area contributed by atoms with E-state index < -0.39 is 0 Å². The van der Waals surface area contributed by atoms with E-state index in [9.17, 15) is 4.79 Å². The molecule has 94 valence electrons. The lowest BCUT2D eigenvalue weighted by Crippen LogP contribution is -2.24. The van der Waals surface area contributed by atoms with Crippen molar-refractivity contribution in [3.8, 4) is 0 Å². The molecular formula is C14H12N4O. The maximum atomic E-state index is 12.1. The topological polar surface area (TPSA) is 59.3 Å². The number of nitrogens with zero attached hydrogens (tertiary/aromatic N) is 3. The summed E-state index contributed by atoms with van der Waals surface area (Å²) in [7, 11) is 0. The molecule has 0 unspecified atom stereocenters. The second-order valence-electron chi connectivity index (χ2n) is 4.11. The maximum Gasteiger partial charge on any atom is 0.272 e. The molecule has 1 amide bonds. The summed E-state index contributed by atoms with van der Waals surface area (Å²) in [5, 5.41) is 6.88. The predicted molar refractivity (Wildman–Crippen MR) is 70.6 cm³/mol. The number of rotatable bonds is 3. The summed E-state index contributed by atoms with van der Waals surface area (Å²) < 4.78 is 1.63. The fourth-order valence-corrected chi connectivity index (χ4v) is 1.90. The zero-order valence-corrected chi connectivity index (χ0v) is 10.2. The summed E-state index contributed by atoms with van der Waals surface area (Å²) in [4.78, 5) is 16.2. The van der Waals surface area contributed by atoms with Gasteiger partial charge in [0.1, 0.15) is 6.33 Å². The third-order valence-corrected chi connectivity index (χ3v) is 2.84. The first-order valence-corrected chi connectivity index (χ1v) is 5.95. The van der Waals surface area contributed by atoms with E-state index in [0.717, 1.165) is 5.56 Å². The van der Waals surface area contributed by atoms with Gasteiger partial charge in [-0.25, -0.2) is 9.50 Å². The molecule has 3 rings (SSSR count). The summed E-state index contributed by atoms with van der Waals surface area (Å²) in [6.45, 7) is 0.483. The molecule has 5 nitrogen and oxygen atoms in total. The molecule has 0 atom stereocenters. The molecule has 0 saturated heterocycles. The van der Waals surface area contributed by atoms with E-state index in [1.54, 1.807) is 10.7 Å². The Kier molecular flexibility index (Phi) is 2.94. The van der Waals surface area contributed by atoms with Crippen molar-refractivity contribution >= 4 is 11.4 Å². The van der Waals surface area contributed by atoms with Crippen molar-refractivity contribution in [1.82, 2.24) is 19.9 Å². The van der Waals surface area contributed by atoms with Gasteiger partial charge in [0.2, 0.25) is 0 Å². The fraction of sp³-hybridized carbons (Fsp3) is 0.0714. The largest absolute Gasteiger partial charge is 0.347 e. The molecule has 1 N–H and O–H groups in total. The van der Waals surface area contributed by atoms with Crippen molar-refractivity contribution in [3.05, 3.63) is 66.2 Å². The molecule has 0 bridgehead atoms. The van der Waals surface area contributed by atoms with Crippen molar-refractivity contribution in [2.45, 2.75) is 6.54 Å². The summed E-state index contributed by atoms with van der Waals surface area (Å²) in [5.41, 5.74) is 2.14. The number of hydrogen-bond donors (Lipinski definition) is 1. The Hall–Kier alpha value is -2.69. The molecule has 5 heteroatoms. The smallest absolute Gasteiger partial charge is 0.272 e. The molecule has 0 spiro atoms. The summed E-state index contributed by atoms with van der Waals surface area (Å²) >= 11 is 0. The van der Waals surface area contributed by atoms with E-state index in [2.05, 4.69) is 15.4 Å². The summed E-state index contributed by atoms with van der Waals surface area (Å²) in [5.74, 6) is -0.199. The van der Waals surface area contributed by atoms with Gasteiger partial charge in [0, 0.05) is 12.7 Å². The van der Waals surface area contributed by atoms with Crippen molar-refractivity contribution in [2.75, 3.05) is 0 Å².